The minimum atomic E-state index is -1.22. The number of hydrogen-bond donors (Lipinski definition) is 2. The molecule has 0 saturated heterocycles. The Balaban J connectivity index is 0. The van der Waals surface area contributed by atoms with Crippen molar-refractivity contribution in [3.63, 3.8) is 0 Å². The van der Waals surface area contributed by atoms with Crippen LogP contribution in [-0.4, -0.2) is 35.1 Å². The van der Waals surface area contributed by atoms with E-state index in [1.165, 1.54) is 0 Å². The summed E-state index contributed by atoms with van der Waals surface area (Å²) in [5.74, 6) is -1.22. The molecule has 0 aliphatic heterocycles. The van der Waals surface area contributed by atoms with E-state index in [0.29, 0.717) is 0 Å². The Bertz CT molecular complexity index is 336. The van der Waals surface area contributed by atoms with Gasteiger partial charge in [0, 0.05) is 21.1 Å². The molecule has 0 saturated carbocycles. The van der Waals surface area contributed by atoms with E-state index >= 15 is 0 Å². The number of carboxylic acids is 1. The van der Waals surface area contributed by atoms with Gasteiger partial charge in [-0.2, -0.15) is 0 Å². The first kappa shape index (κ1) is 20.4. The fourth-order valence-electron chi connectivity index (χ4n) is 1.30. The number of carbonyl (C=O) groups is 2. The zero-order valence-corrected chi connectivity index (χ0v) is 14.7. The van der Waals surface area contributed by atoms with Crippen molar-refractivity contribution in [1.82, 2.24) is 5.32 Å². The molecule has 0 radical (unpaired) electrons. The van der Waals surface area contributed by atoms with Crippen molar-refractivity contribution in [3.05, 3.63) is 0 Å². The van der Waals surface area contributed by atoms with Gasteiger partial charge in [-0.1, -0.05) is 13.8 Å². The van der Waals surface area contributed by atoms with E-state index < -0.39 is 29.1 Å². The summed E-state index contributed by atoms with van der Waals surface area (Å²) < 4.78 is 4.98. The molecule has 2 N–H and O–H groups in total. The van der Waals surface area contributed by atoms with Gasteiger partial charge in [-0.05, 0) is 26.2 Å². The number of amides is 1. The molecule has 1 unspecified atom stereocenters. The van der Waals surface area contributed by atoms with Gasteiger partial charge in [-0.25, -0.2) is 9.59 Å². The summed E-state index contributed by atoms with van der Waals surface area (Å²) in [6.45, 7) is 8.15. The van der Waals surface area contributed by atoms with Gasteiger partial charge < -0.3 is 20.0 Å². The molecule has 110 valence electrons. The van der Waals surface area contributed by atoms with E-state index in [1.807, 2.05) is 0 Å². The molecule has 0 spiro atoms. The van der Waals surface area contributed by atoms with Gasteiger partial charge in [0.15, 0.2) is 0 Å². The number of carbonyl (C=O) groups excluding carboxylic acids is 2. The molecule has 0 fully saturated rings. The van der Waals surface area contributed by atoms with E-state index in [-0.39, 0.29) is 27.5 Å². The normalized spacial score (nSPS) is 12.9. The van der Waals surface area contributed by atoms with Crippen LogP contribution in [0, 0.1) is 5.41 Å². The fourth-order valence-corrected chi connectivity index (χ4v) is 1.30. The Morgan fingerprint density at radius 3 is 2.05 bits per heavy atom. The van der Waals surface area contributed by atoms with E-state index in [0.717, 1.165) is 0 Å². The molecule has 0 aromatic carbocycles. The van der Waals surface area contributed by atoms with Gasteiger partial charge in [0.1, 0.15) is 11.6 Å². The van der Waals surface area contributed by atoms with Crippen LogP contribution in [0.4, 0.5) is 4.79 Å². The third kappa shape index (κ3) is 7.98. The number of aliphatic carboxylic acids is 1. The van der Waals surface area contributed by atoms with Gasteiger partial charge in [0.2, 0.25) is 0 Å². The summed E-state index contributed by atoms with van der Waals surface area (Å²) in [5, 5.41) is 11.3. The Hall–Kier alpha value is -0.902. The van der Waals surface area contributed by atoms with Crippen molar-refractivity contribution in [2.24, 2.45) is 5.41 Å². The number of ether oxygens (including phenoxy) is 1. The first-order chi connectivity index (χ1) is 7.99. The summed E-state index contributed by atoms with van der Waals surface area (Å²) in [7, 11) is 0. The number of carboxylic acid groups (broad SMARTS) is 1. The van der Waals surface area contributed by atoms with Gasteiger partial charge in [0.25, 0.3) is 0 Å². The van der Waals surface area contributed by atoms with Crippen molar-refractivity contribution in [3.8, 4) is 0 Å². The summed E-state index contributed by atoms with van der Waals surface area (Å²) in [4.78, 5) is 33.1. The van der Waals surface area contributed by atoms with Crippen LogP contribution in [0.2, 0.25) is 0 Å². The van der Waals surface area contributed by atoms with Crippen LogP contribution < -0.4 is 5.32 Å². The number of hydrogen-bond acceptors (Lipinski definition) is 4. The van der Waals surface area contributed by atoms with Crippen molar-refractivity contribution in [1.29, 1.82) is 0 Å². The Kier molecular flexibility index (Phi) is 8.20. The number of nitrogens with one attached hydrogen (secondary N) is 1. The Morgan fingerprint density at radius 2 is 1.74 bits per heavy atom. The standard InChI is InChI=1S/C12H20NO5.W/c1-11(2,3)18-10(17)13-8(9(15)16)12(4,5)6-7-14;/h8H,6H2,1-5H3,(H,13,17)(H,15,16);/q-1;. The third-order valence-electron chi connectivity index (χ3n) is 2.22. The fraction of sp³-hybridized carbons (Fsp3) is 0.750. The summed E-state index contributed by atoms with van der Waals surface area (Å²) >= 11 is 0. The summed E-state index contributed by atoms with van der Waals surface area (Å²) in [5.41, 5.74) is -1.65. The molecule has 7 heteroatoms. The Morgan fingerprint density at radius 1 is 1.26 bits per heavy atom. The van der Waals surface area contributed by atoms with E-state index in [1.54, 1.807) is 40.9 Å². The average Bonchev–Trinajstić information content (AvgIpc) is 2.10. The molecule has 0 aliphatic rings. The average molecular weight is 442 g/mol. The van der Waals surface area contributed by atoms with Gasteiger partial charge in [-0.15, -0.1) is 6.42 Å². The van der Waals surface area contributed by atoms with Crippen LogP contribution >= 0.6 is 0 Å². The third-order valence-corrected chi connectivity index (χ3v) is 2.22. The second kappa shape index (κ2) is 7.63. The maximum Gasteiger partial charge on any atom is 0.408 e. The molecule has 0 rings (SSSR count). The van der Waals surface area contributed by atoms with Crippen LogP contribution in [0.25, 0.3) is 0 Å². The molecule has 0 heterocycles. The quantitative estimate of drug-likeness (QED) is 0.630. The predicted octanol–water partition coefficient (Wildman–Crippen LogP) is 1.49. The monoisotopic (exact) mass is 442 g/mol. The number of rotatable bonds is 5. The van der Waals surface area contributed by atoms with Crippen molar-refractivity contribution in [2.45, 2.75) is 52.7 Å². The van der Waals surface area contributed by atoms with Gasteiger partial charge in [-0.3, -0.25) is 6.29 Å². The van der Waals surface area contributed by atoms with Gasteiger partial charge >= 0.3 is 12.1 Å². The minimum Gasteiger partial charge on any atom is -0.542 e. The van der Waals surface area contributed by atoms with E-state index in [2.05, 4.69) is 5.32 Å². The Labute approximate surface area is 127 Å². The number of alkyl carbamates (subject to hydrolysis) is 1. The maximum atomic E-state index is 11.5. The summed E-state index contributed by atoms with van der Waals surface area (Å²) in [6.07, 6.45) is 0.737. The molecule has 0 aromatic rings. The SMILES string of the molecule is CC(C)(C)OC(=O)NC(C(=O)O)C(C)(C)C[C-]=O.[W]. The molecule has 1 amide bonds. The van der Waals surface area contributed by atoms with E-state index in [4.69, 9.17) is 9.84 Å². The van der Waals surface area contributed by atoms with Crippen molar-refractivity contribution in [2.75, 3.05) is 0 Å². The molecule has 0 aliphatic carbocycles. The molecular weight excluding hydrogens is 422 g/mol. The van der Waals surface area contributed by atoms with Crippen LogP contribution in [0.3, 0.4) is 0 Å². The second-order valence-corrected chi connectivity index (χ2v) is 5.73. The molecular formula is C12H20NO5W-. The van der Waals surface area contributed by atoms with Crippen LogP contribution in [0.1, 0.15) is 41.0 Å². The zero-order valence-electron chi connectivity index (χ0n) is 11.8. The first-order valence-electron chi connectivity index (χ1n) is 5.57. The van der Waals surface area contributed by atoms with Crippen LogP contribution in [0.5, 0.6) is 0 Å². The van der Waals surface area contributed by atoms with E-state index in [9.17, 15) is 14.4 Å². The molecule has 6 nitrogen and oxygen atoms in total. The molecule has 1 atom stereocenters. The zero-order chi connectivity index (χ0) is 14.6. The molecule has 0 bridgehead atoms. The summed E-state index contributed by atoms with van der Waals surface area (Å²) in [6, 6.07) is -1.21. The molecule has 19 heavy (non-hydrogen) atoms. The van der Waals surface area contributed by atoms with Crippen molar-refractivity contribution < 1.29 is 45.3 Å². The van der Waals surface area contributed by atoms with Crippen LogP contribution in [-0.2, 0) is 35.4 Å². The smallest absolute Gasteiger partial charge is 0.408 e. The topological polar surface area (TPSA) is 92.7 Å². The first-order valence-corrected chi connectivity index (χ1v) is 5.57. The largest absolute Gasteiger partial charge is 0.542 e. The minimum absolute atomic E-state index is 0. The predicted molar refractivity (Wildman–Crippen MR) is 64.9 cm³/mol. The maximum absolute atomic E-state index is 11.5. The molecule has 0 aromatic heterocycles. The second-order valence-electron chi connectivity index (χ2n) is 5.73. The van der Waals surface area contributed by atoms with Gasteiger partial charge in [0.05, 0.1) is 0 Å². The van der Waals surface area contributed by atoms with Crippen LogP contribution in [0.15, 0.2) is 0 Å². The van der Waals surface area contributed by atoms with Crippen molar-refractivity contribution >= 4 is 18.3 Å².